The lowest BCUT2D eigenvalue weighted by atomic mass is 10.2. The molecule has 3 heterocycles. The number of H-pyrrole nitrogens is 1. The molecule has 0 unspecified atom stereocenters. The molecule has 3 aromatic rings. The third-order valence-electron chi connectivity index (χ3n) is 4.50. The normalized spacial score (nSPS) is 17.7. The first-order valence-corrected chi connectivity index (χ1v) is 7.95. The maximum atomic E-state index is 12.8. The molecule has 2 aromatic heterocycles. The number of fused-ring (bicyclic) bond motifs is 3. The van der Waals surface area contributed by atoms with Crippen LogP contribution in [0.25, 0.3) is 21.9 Å². The monoisotopic (exact) mass is 329 g/mol. The first-order chi connectivity index (χ1) is 11.7. The van der Waals surface area contributed by atoms with Crippen LogP contribution in [0.4, 0.5) is 0 Å². The number of benzene rings is 1. The minimum Gasteiger partial charge on any atom is -0.493 e. The molecular weight excluding hydrogens is 310 g/mol. The molecule has 7 nitrogen and oxygen atoms in total. The van der Waals surface area contributed by atoms with E-state index in [1.54, 1.807) is 25.1 Å². The molecule has 1 atom stereocenters. The van der Waals surface area contributed by atoms with Gasteiger partial charge in [0.1, 0.15) is 11.0 Å². The van der Waals surface area contributed by atoms with Crippen molar-refractivity contribution in [2.45, 2.75) is 25.5 Å². The Balaban J connectivity index is 1.86. The molecule has 0 spiro atoms. The quantitative estimate of drug-likeness (QED) is 0.793. The molecule has 0 radical (unpaired) electrons. The van der Waals surface area contributed by atoms with Crippen molar-refractivity contribution in [2.75, 3.05) is 20.8 Å². The molecule has 1 N–H and O–H groups in total. The minimum absolute atomic E-state index is 0.0894. The zero-order valence-electron chi connectivity index (χ0n) is 13.7. The summed E-state index contributed by atoms with van der Waals surface area (Å²) >= 11 is 0. The highest BCUT2D eigenvalue weighted by Gasteiger charge is 2.19. The predicted octanol–water partition coefficient (Wildman–Crippen LogP) is 2.07. The number of ether oxygens (including phenoxy) is 3. The Labute approximate surface area is 138 Å². The molecule has 1 aliphatic rings. The fourth-order valence-corrected chi connectivity index (χ4v) is 3.26. The van der Waals surface area contributed by atoms with Gasteiger partial charge in [-0.1, -0.05) is 0 Å². The molecule has 0 saturated carbocycles. The van der Waals surface area contributed by atoms with E-state index in [0.29, 0.717) is 29.1 Å². The number of hydrogen-bond acceptors (Lipinski definition) is 5. The van der Waals surface area contributed by atoms with Gasteiger partial charge < -0.3 is 19.2 Å². The van der Waals surface area contributed by atoms with Crippen LogP contribution in [0.1, 0.15) is 12.8 Å². The van der Waals surface area contributed by atoms with Gasteiger partial charge in [0.05, 0.1) is 38.7 Å². The van der Waals surface area contributed by atoms with Crippen molar-refractivity contribution < 1.29 is 14.2 Å². The lowest BCUT2D eigenvalue weighted by Crippen LogP contribution is -2.26. The van der Waals surface area contributed by atoms with Crippen LogP contribution in [-0.2, 0) is 11.3 Å². The van der Waals surface area contributed by atoms with Gasteiger partial charge in [0, 0.05) is 18.1 Å². The summed E-state index contributed by atoms with van der Waals surface area (Å²) in [5.74, 6) is 1.22. The first-order valence-electron chi connectivity index (χ1n) is 7.95. The average Bonchev–Trinajstić information content (AvgIpc) is 3.23. The molecule has 1 fully saturated rings. The molecule has 126 valence electrons. The second-order valence-corrected chi connectivity index (χ2v) is 5.94. The third-order valence-corrected chi connectivity index (χ3v) is 4.50. The largest absolute Gasteiger partial charge is 0.493 e. The van der Waals surface area contributed by atoms with Crippen LogP contribution in [0, 0.1) is 0 Å². The van der Waals surface area contributed by atoms with Crippen molar-refractivity contribution in [3.05, 3.63) is 28.8 Å². The number of aromatic nitrogens is 3. The zero-order valence-corrected chi connectivity index (χ0v) is 13.7. The smallest absolute Gasteiger partial charge is 0.277 e. The van der Waals surface area contributed by atoms with Gasteiger partial charge in [0.2, 0.25) is 0 Å². The molecule has 1 aromatic carbocycles. The van der Waals surface area contributed by atoms with Crippen LogP contribution in [0.5, 0.6) is 11.5 Å². The highest BCUT2D eigenvalue weighted by molar-refractivity contribution is 6.05. The number of rotatable bonds is 4. The maximum Gasteiger partial charge on any atom is 0.277 e. The van der Waals surface area contributed by atoms with E-state index in [1.807, 2.05) is 12.1 Å². The summed E-state index contributed by atoms with van der Waals surface area (Å²) in [4.78, 5) is 20.4. The van der Waals surface area contributed by atoms with Crippen molar-refractivity contribution in [3.8, 4) is 11.5 Å². The predicted molar refractivity (Wildman–Crippen MR) is 89.9 cm³/mol. The Morgan fingerprint density at radius 1 is 1.33 bits per heavy atom. The molecular formula is C17H19N3O4. The van der Waals surface area contributed by atoms with Gasteiger partial charge in [0.15, 0.2) is 11.5 Å². The summed E-state index contributed by atoms with van der Waals surface area (Å²) in [5.41, 5.74) is 1.83. The lowest BCUT2D eigenvalue weighted by Gasteiger charge is -2.10. The van der Waals surface area contributed by atoms with Crippen LogP contribution in [-0.4, -0.2) is 41.5 Å². The van der Waals surface area contributed by atoms with Gasteiger partial charge in [-0.05, 0) is 18.9 Å². The summed E-state index contributed by atoms with van der Waals surface area (Å²) in [6, 6.07) is 3.66. The van der Waals surface area contributed by atoms with E-state index in [2.05, 4.69) is 9.97 Å². The van der Waals surface area contributed by atoms with Crippen LogP contribution < -0.4 is 15.0 Å². The molecule has 0 amide bonds. The molecule has 4 rings (SSSR count). The number of nitrogens with zero attached hydrogens (tertiary/aromatic N) is 2. The van der Waals surface area contributed by atoms with Crippen molar-refractivity contribution >= 4 is 21.9 Å². The van der Waals surface area contributed by atoms with Crippen LogP contribution in [0.2, 0.25) is 0 Å². The molecule has 7 heteroatoms. The van der Waals surface area contributed by atoms with E-state index in [-0.39, 0.29) is 11.7 Å². The lowest BCUT2D eigenvalue weighted by molar-refractivity contribution is 0.0960. The molecule has 0 bridgehead atoms. The van der Waals surface area contributed by atoms with Crippen LogP contribution in [0.15, 0.2) is 23.3 Å². The Morgan fingerprint density at radius 2 is 2.12 bits per heavy atom. The summed E-state index contributed by atoms with van der Waals surface area (Å²) in [7, 11) is 3.17. The van der Waals surface area contributed by atoms with E-state index < -0.39 is 0 Å². The van der Waals surface area contributed by atoms with E-state index in [9.17, 15) is 4.79 Å². The van der Waals surface area contributed by atoms with Gasteiger partial charge in [-0.15, -0.1) is 0 Å². The van der Waals surface area contributed by atoms with Crippen molar-refractivity contribution in [1.29, 1.82) is 0 Å². The molecule has 1 aliphatic heterocycles. The maximum absolute atomic E-state index is 12.8. The van der Waals surface area contributed by atoms with Crippen molar-refractivity contribution in [3.63, 3.8) is 0 Å². The molecule has 0 aliphatic carbocycles. The first kappa shape index (κ1) is 15.0. The highest BCUT2D eigenvalue weighted by Crippen LogP contribution is 2.34. The third kappa shape index (κ3) is 2.32. The van der Waals surface area contributed by atoms with Gasteiger partial charge in [-0.2, -0.15) is 0 Å². The van der Waals surface area contributed by atoms with E-state index >= 15 is 0 Å². The van der Waals surface area contributed by atoms with Crippen molar-refractivity contribution in [2.24, 2.45) is 0 Å². The van der Waals surface area contributed by atoms with Gasteiger partial charge >= 0.3 is 0 Å². The van der Waals surface area contributed by atoms with Crippen LogP contribution >= 0.6 is 0 Å². The number of hydrogen-bond donors (Lipinski definition) is 1. The Hall–Kier alpha value is -2.54. The molecule has 24 heavy (non-hydrogen) atoms. The second kappa shape index (κ2) is 5.83. The Kier molecular flexibility index (Phi) is 3.65. The van der Waals surface area contributed by atoms with Gasteiger partial charge in [0.25, 0.3) is 5.56 Å². The van der Waals surface area contributed by atoms with Crippen LogP contribution in [0.3, 0.4) is 0 Å². The molecule has 1 saturated heterocycles. The van der Waals surface area contributed by atoms with E-state index in [4.69, 9.17) is 14.2 Å². The fraction of sp³-hybridized carbons (Fsp3) is 0.412. The Morgan fingerprint density at radius 3 is 2.83 bits per heavy atom. The van der Waals surface area contributed by atoms with E-state index in [0.717, 1.165) is 30.4 Å². The number of methoxy groups -OCH3 is 2. The highest BCUT2D eigenvalue weighted by atomic mass is 16.5. The SMILES string of the molecule is COc1cc2[nH]c3c(=O)n(C[C@H]4CCCO4)cnc3c2cc1OC. The summed E-state index contributed by atoms with van der Waals surface area (Å²) in [6.45, 7) is 1.30. The van der Waals surface area contributed by atoms with Gasteiger partial charge in [-0.25, -0.2) is 4.98 Å². The fourth-order valence-electron chi connectivity index (χ4n) is 3.26. The topological polar surface area (TPSA) is 78.4 Å². The van der Waals surface area contributed by atoms with Crippen molar-refractivity contribution in [1.82, 2.24) is 14.5 Å². The van der Waals surface area contributed by atoms with Gasteiger partial charge in [-0.3, -0.25) is 9.36 Å². The zero-order chi connectivity index (χ0) is 16.7. The summed E-state index contributed by atoms with van der Waals surface area (Å²) in [6.07, 6.45) is 3.70. The number of aromatic amines is 1. The average molecular weight is 329 g/mol. The summed E-state index contributed by atoms with van der Waals surface area (Å²) < 4.78 is 17.9. The van der Waals surface area contributed by atoms with E-state index in [1.165, 1.54) is 0 Å². The Bertz CT molecular complexity index is 954. The number of nitrogens with one attached hydrogen (secondary N) is 1. The second-order valence-electron chi connectivity index (χ2n) is 5.94. The summed E-state index contributed by atoms with van der Waals surface area (Å²) in [5, 5.41) is 0.837. The standard InChI is InChI=1S/C17H19N3O4/c1-22-13-6-11-12(7-14(13)23-2)19-16-15(11)18-9-20(17(16)21)8-10-4-3-5-24-10/h6-7,9-10,19H,3-5,8H2,1-2H3/t10-/m1/s1. The minimum atomic E-state index is -0.0929.